The average Bonchev–Trinajstić information content (AvgIpc) is 3.62. The molecule has 0 radical (unpaired) electrons. The summed E-state index contributed by atoms with van der Waals surface area (Å²) in [4.78, 5) is 127. The zero-order valence-electron chi connectivity index (χ0n) is 33.5. The fraction of sp³-hybridized carbons (Fsp3) is 0.714. The van der Waals surface area contributed by atoms with Crippen molar-refractivity contribution in [3.8, 4) is 0 Å². The lowest BCUT2D eigenvalue weighted by molar-refractivity contribution is -0.143. The van der Waals surface area contributed by atoms with Gasteiger partial charge < -0.3 is 63.8 Å². The van der Waals surface area contributed by atoms with E-state index in [0.29, 0.717) is 19.3 Å². The maximum Gasteiger partial charge on any atom is 0.326 e. The van der Waals surface area contributed by atoms with Crippen molar-refractivity contribution >= 4 is 59.1 Å². The van der Waals surface area contributed by atoms with Crippen LogP contribution in [0.4, 0.5) is 0 Å². The van der Waals surface area contributed by atoms with E-state index in [-0.39, 0.29) is 25.3 Å². The Bertz CT molecular complexity index is 1490. The number of carboxylic acids is 1. The van der Waals surface area contributed by atoms with E-state index < -0.39 is 127 Å². The summed E-state index contributed by atoms with van der Waals surface area (Å²) in [5.74, 6) is -8.67. The van der Waals surface area contributed by atoms with Crippen LogP contribution in [0.15, 0.2) is 0 Å². The number of aliphatic hydroxyl groups is 1. The number of hydrogen-bond donors (Lipinski definition) is 11. The van der Waals surface area contributed by atoms with Crippen molar-refractivity contribution in [2.75, 3.05) is 19.7 Å². The van der Waals surface area contributed by atoms with Crippen LogP contribution in [0.5, 0.6) is 0 Å². The zero-order valence-corrected chi connectivity index (χ0v) is 33.5. The molecule has 0 aromatic carbocycles. The van der Waals surface area contributed by atoms with E-state index in [1.807, 2.05) is 13.8 Å². The van der Waals surface area contributed by atoms with Crippen LogP contribution in [-0.4, -0.2) is 142 Å². The highest BCUT2D eigenvalue weighted by atomic mass is 16.4. The summed E-state index contributed by atoms with van der Waals surface area (Å²) in [5, 5.41) is 35.8. The Kier molecular flexibility index (Phi) is 20.6. The molecule has 22 nitrogen and oxygen atoms in total. The monoisotopic (exact) mass is 812 g/mol. The Balaban J connectivity index is 2.80. The normalized spacial score (nSPS) is 17.5. The highest BCUT2D eigenvalue weighted by molar-refractivity contribution is 5.97. The van der Waals surface area contributed by atoms with Gasteiger partial charge >= 0.3 is 5.97 Å². The molecule has 57 heavy (non-hydrogen) atoms. The van der Waals surface area contributed by atoms with Crippen molar-refractivity contribution in [1.82, 2.24) is 42.1 Å². The Labute approximate surface area is 331 Å². The summed E-state index contributed by atoms with van der Waals surface area (Å²) in [5.41, 5.74) is 10.7. The second kappa shape index (κ2) is 23.6. The van der Waals surface area contributed by atoms with Crippen LogP contribution in [0.25, 0.3) is 0 Å². The molecule has 1 aliphatic rings. The van der Waals surface area contributed by atoms with Gasteiger partial charge in [0.15, 0.2) is 0 Å². The molecule has 8 atom stereocenters. The Hall–Kier alpha value is -5.38. The molecule has 9 amide bonds. The van der Waals surface area contributed by atoms with E-state index >= 15 is 0 Å². The number of rotatable bonds is 23. The van der Waals surface area contributed by atoms with Gasteiger partial charge in [-0.1, -0.05) is 27.7 Å². The lowest BCUT2D eigenvalue weighted by Gasteiger charge is -2.31. The van der Waals surface area contributed by atoms with Crippen LogP contribution >= 0.6 is 0 Å². The summed E-state index contributed by atoms with van der Waals surface area (Å²) >= 11 is 0. The standard InChI is InChI=1S/C35H60N10O12/c1-16(2)13-22(42-28(49)18(5)36)34(55)45-12-8-9-24(45)32(53)44-27(17(3)4)33(54)43-23(15-46)31(52)38-14-26(48)39-19(6)29(50)40-20(7)30(51)41-21(35(56)57)10-11-25(37)47/h16-24,27,46H,8-15,36H2,1-7H3,(H2,37,47)(H,38,52)(H,39,48)(H,40,50)(H,41,51)(H,42,49)(H,43,54)(H,44,53)(H,56,57)/t18-,19-,20-,21-,22-,23-,24-,27-/m0/s1. The molecule has 1 heterocycles. The number of carbonyl (C=O) groups is 10. The molecule has 0 unspecified atom stereocenters. The van der Waals surface area contributed by atoms with Gasteiger partial charge in [-0.15, -0.1) is 0 Å². The van der Waals surface area contributed by atoms with E-state index in [1.54, 1.807) is 13.8 Å². The second-order valence-corrected chi connectivity index (χ2v) is 14.8. The van der Waals surface area contributed by atoms with Gasteiger partial charge in [-0.3, -0.25) is 43.2 Å². The van der Waals surface area contributed by atoms with E-state index in [4.69, 9.17) is 11.5 Å². The third kappa shape index (κ3) is 16.7. The van der Waals surface area contributed by atoms with E-state index in [2.05, 4.69) is 37.2 Å². The van der Waals surface area contributed by atoms with Crippen LogP contribution in [0.1, 0.15) is 80.6 Å². The predicted molar refractivity (Wildman–Crippen MR) is 202 cm³/mol. The molecule has 0 aromatic heterocycles. The maximum atomic E-state index is 13.6. The molecule has 1 fully saturated rings. The Morgan fingerprint density at radius 2 is 1.28 bits per heavy atom. The van der Waals surface area contributed by atoms with Gasteiger partial charge in [0.05, 0.1) is 19.2 Å². The summed E-state index contributed by atoms with van der Waals surface area (Å²) in [7, 11) is 0. The number of aliphatic hydroxyl groups excluding tert-OH is 1. The number of carbonyl (C=O) groups excluding carboxylic acids is 9. The van der Waals surface area contributed by atoms with Gasteiger partial charge in [0.1, 0.15) is 42.3 Å². The first-order valence-corrected chi connectivity index (χ1v) is 18.8. The van der Waals surface area contributed by atoms with Crippen LogP contribution in [-0.2, 0) is 47.9 Å². The minimum Gasteiger partial charge on any atom is -0.480 e. The number of likely N-dealkylation sites (tertiary alicyclic amines) is 1. The SMILES string of the molecule is CC(C)C[C@H](NC(=O)[C@H](C)N)C(=O)N1CCC[C@H]1C(=O)N[C@H](C(=O)N[C@@H](CO)C(=O)NCC(=O)N[C@@H](C)C(=O)N[C@@H](C)C(=O)N[C@@H](CCC(N)=O)C(=O)O)C(C)C. The van der Waals surface area contributed by atoms with E-state index in [0.717, 1.165) is 0 Å². The third-order valence-electron chi connectivity index (χ3n) is 8.88. The lowest BCUT2D eigenvalue weighted by atomic mass is 10.0. The highest BCUT2D eigenvalue weighted by Gasteiger charge is 2.40. The van der Waals surface area contributed by atoms with Gasteiger partial charge in [0.25, 0.3) is 0 Å². The molecule has 0 bridgehead atoms. The molecule has 13 N–H and O–H groups in total. The summed E-state index contributed by atoms with van der Waals surface area (Å²) in [6, 6.07) is -9.42. The molecule has 0 spiro atoms. The van der Waals surface area contributed by atoms with Crippen molar-refractivity contribution in [3.05, 3.63) is 0 Å². The molecule has 1 aliphatic heterocycles. The van der Waals surface area contributed by atoms with Crippen molar-refractivity contribution < 1.29 is 58.2 Å². The quantitative estimate of drug-likeness (QED) is 0.0464. The van der Waals surface area contributed by atoms with Crippen molar-refractivity contribution in [3.63, 3.8) is 0 Å². The first kappa shape index (κ1) is 49.6. The fourth-order valence-electron chi connectivity index (χ4n) is 5.63. The molecule has 0 saturated carbocycles. The van der Waals surface area contributed by atoms with E-state index in [1.165, 1.54) is 25.7 Å². The van der Waals surface area contributed by atoms with E-state index in [9.17, 15) is 58.2 Å². The third-order valence-corrected chi connectivity index (χ3v) is 8.88. The van der Waals surface area contributed by atoms with Gasteiger partial charge in [0.2, 0.25) is 53.2 Å². The minimum absolute atomic E-state index is 0.0271. The molecule has 1 saturated heterocycles. The molecule has 322 valence electrons. The van der Waals surface area contributed by atoms with Gasteiger partial charge in [-0.2, -0.15) is 0 Å². The van der Waals surface area contributed by atoms with Crippen LogP contribution in [0.2, 0.25) is 0 Å². The average molecular weight is 813 g/mol. The molecule has 1 rings (SSSR count). The summed E-state index contributed by atoms with van der Waals surface area (Å²) in [6.07, 6.45) is 0.522. The Morgan fingerprint density at radius 3 is 1.81 bits per heavy atom. The van der Waals surface area contributed by atoms with Crippen molar-refractivity contribution in [2.45, 2.75) is 129 Å². The van der Waals surface area contributed by atoms with Gasteiger partial charge in [0, 0.05) is 13.0 Å². The number of carboxylic acid groups (broad SMARTS) is 1. The van der Waals surface area contributed by atoms with Crippen molar-refractivity contribution in [2.24, 2.45) is 23.3 Å². The number of aliphatic carboxylic acids is 1. The number of primary amides is 1. The molecule has 0 aromatic rings. The van der Waals surface area contributed by atoms with Gasteiger partial charge in [-0.25, -0.2) is 4.79 Å². The zero-order chi connectivity index (χ0) is 43.7. The largest absolute Gasteiger partial charge is 0.480 e. The molecule has 0 aliphatic carbocycles. The molecular formula is C35H60N10O12. The van der Waals surface area contributed by atoms with Crippen LogP contribution in [0.3, 0.4) is 0 Å². The first-order chi connectivity index (χ1) is 26.5. The predicted octanol–water partition coefficient (Wildman–Crippen LogP) is -4.57. The second-order valence-electron chi connectivity index (χ2n) is 14.8. The molecule has 22 heteroatoms. The maximum absolute atomic E-state index is 13.6. The number of hydrogen-bond acceptors (Lipinski definition) is 12. The summed E-state index contributed by atoms with van der Waals surface area (Å²) in [6.45, 7) is 9.69. The summed E-state index contributed by atoms with van der Waals surface area (Å²) < 4.78 is 0. The number of nitrogens with zero attached hydrogens (tertiary/aromatic N) is 1. The van der Waals surface area contributed by atoms with Crippen LogP contribution < -0.4 is 48.7 Å². The Morgan fingerprint density at radius 1 is 0.719 bits per heavy atom. The minimum atomic E-state index is -1.56. The van der Waals surface area contributed by atoms with Gasteiger partial charge in [-0.05, 0) is 58.3 Å². The smallest absolute Gasteiger partial charge is 0.326 e. The van der Waals surface area contributed by atoms with Crippen molar-refractivity contribution in [1.29, 1.82) is 0 Å². The first-order valence-electron chi connectivity index (χ1n) is 18.8. The lowest BCUT2D eigenvalue weighted by Crippen LogP contribution is -2.60. The molecular weight excluding hydrogens is 752 g/mol. The highest BCUT2D eigenvalue weighted by Crippen LogP contribution is 2.21. The number of amides is 9. The van der Waals surface area contributed by atoms with Crippen LogP contribution in [0, 0.1) is 11.8 Å². The fourth-order valence-corrected chi connectivity index (χ4v) is 5.63. The number of nitrogens with one attached hydrogen (secondary N) is 7. The topological polar surface area (TPSA) is 351 Å². The number of nitrogens with two attached hydrogens (primary N) is 2.